The number of nitrogens with zero attached hydrogens (tertiary/aromatic N) is 1. The first-order chi connectivity index (χ1) is 8.01. The van der Waals surface area contributed by atoms with E-state index in [1.54, 1.807) is 6.92 Å². The Balaban J connectivity index is 2.44. The first-order valence-corrected chi connectivity index (χ1v) is 5.93. The Morgan fingerprint density at radius 1 is 1.41 bits per heavy atom. The highest BCUT2D eigenvalue weighted by Crippen LogP contribution is 2.19. The Bertz CT molecular complexity index is 283. The lowest BCUT2D eigenvalue weighted by Gasteiger charge is -2.35. The van der Waals surface area contributed by atoms with Crippen LogP contribution in [0.2, 0.25) is 0 Å². The van der Waals surface area contributed by atoms with E-state index in [9.17, 15) is 9.59 Å². The summed E-state index contributed by atoms with van der Waals surface area (Å²) in [5.74, 6) is -0.420. The van der Waals surface area contributed by atoms with E-state index in [0.29, 0.717) is 26.1 Å². The molecule has 0 radical (unpaired) electrons. The Labute approximate surface area is 101 Å². The fraction of sp³-hybridized carbons (Fsp3) is 0.818. The number of esters is 1. The fourth-order valence-electron chi connectivity index (χ4n) is 2.30. The van der Waals surface area contributed by atoms with Crippen LogP contribution in [-0.4, -0.2) is 49.1 Å². The van der Waals surface area contributed by atoms with Crippen molar-refractivity contribution < 1.29 is 14.3 Å². The third kappa shape index (κ3) is 5.14. The first-order valence-electron chi connectivity index (χ1n) is 5.93. The maximum Gasteiger partial charge on any atom is 0.306 e. The van der Waals surface area contributed by atoms with E-state index in [1.807, 2.05) is 4.90 Å². The number of primary amides is 1. The molecule has 1 aliphatic rings. The number of piperidine rings is 1. The van der Waals surface area contributed by atoms with Gasteiger partial charge in [0.2, 0.25) is 5.91 Å². The molecule has 1 saturated heterocycles. The SMILES string of the molecule is CCOC(=O)CC1CC(N)CN(CC(N)=O)C1. The van der Waals surface area contributed by atoms with Gasteiger partial charge in [0.25, 0.3) is 0 Å². The van der Waals surface area contributed by atoms with Gasteiger partial charge in [0.05, 0.1) is 13.2 Å². The average Bonchev–Trinajstić information content (AvgIpc) is 2.14. The van der Waals surface area contributed by atoms with Gasteiger partial charge >= 0.3 is 5.97 Å². The highest BCUT2D eigenvalue weighted by Gasteiger charge is 2.27. The van der Waals surface area contributed by atoms with Gasteiger partial charge in [0.15, 0.2) is 0 Å². The van der Waals surface area contributed by atoms with Crippen molar-refractivity contribution in [1.82, 2.24) is 4.90 Å². The number of rotatable bonds is 5. The third-order valence-corrected chi connectivity index (χ3v) is 2.79. The van der Waals surface area contributed by atoms with Crippen LogP contribution in [0.1, 0.15) is 19.8 Å². The van der Waals surface area contributed by atoms with Crippen LogP contribution in [0.3, 0.4) is 0 Å². The number of amides is 1. The molecule has 6 heteroatoms. The summed E-state index contributed by atoms with van der Waals surface area (Å²) < 4.78 is 4.91. The monoisotopic (exact) mass is 243 g/mol. The maximum atomic E-state index is 11.4. The van der Waals surface area contributed by atoms with Gasteiger partial charge in [-0.2, -0.15) is 0 Å². The van der Waals surface area contributed by atoms with Gasteiger partial charge in [-0.3, -0.25) is 14.5 Å². The van der Waals surface area contributed by atoms with Crippen molar-refractivity contribution in [3.63, 3.8) is 0 Å². The minimum absolute atomic E-state index is 0.0115. The molecule has 0 aliphatic carbocycles. The predicted octanol–water partition coefficient (Wildman–Crippen LogP) is -0.926. The van der Waals surface area contributed by atoms with Crippen LogP contribution in [0.4, 0.5) is 0 Å². The van der Waals surface area contributed by atoms with Crippen molar-refractivity contribution in [1.29, 1.82) is 0 Å². The van der Waals surface area contributed by atoms with E-state index in [1.165, 1.54) is 0 Å². The summed E-state index contributed by atoms with van der Waals surface area (Å²) in [6.07, 6.45) is 1.14. The molecule has 2 unspecified atom stereocenters. The second-order valence-electron chi connectivity index (χ2n) is 4.53. The molecule has 0 aromatic carbocycles. The van der Waals surface area contributed by atoms with Gasteiger partial charge in [-0.1, -0.05) is 0 Å². The number of nitrogens with two attached hydrogens (primary N) is 2. The quantitative estimate of drug-likeness (QED) is 0.608. The van der Waals surface area contributed by atoms with Crippen LogP contribution >= 0.6 is 0 Å². The van der Waals surface area contributed by atoms with Crippen LogP contribution < -0.4 is 11.5 Å². The topological polar surface area (TPSA) is 98.7 Å². The maximum absolute atomic E-state index is 11.4. The number of hydrogen-bond donors (Lipinski definition) is 2. The lowest BCUT2D eigenvalue weighted by atomic mass is 9.92. The van der Waals surface area contributed by atoms with Crippen molar-refractivity contribution in [2.45, 2.75) is 25.8 Å². The summed E-state index contributed by atoms with van der Waals surface area (Å²) in [4.78, 5) is 24.1. The van der Waals surface area contributed by atoms with Gasteiger partial charge in [-0.15, -0.1) is 0 Å². The average molecular weight is 243 g/mol. The smallest absolute Gasteiger partial charge is 0.306 e. The molecule has 0 saturated carbocycles. The number of likely N-dealkylation sites (tertiary alicyclic amines) is 1. The summed E-state index contributed by atoms with van der Waals surface area (Å²) in [6, 6.07) is -0.0115. The standard InChI is InChI=1S/C11H21N3O3/c1-2-17-11(16)4-8-3-9(12)6-14(5-8)7-10(13)15/h8-9H,2-7,12H2,1H3,(H2,13,15). The number of ether oxygens (including phenoxy) is 1. The Morgan fingerprint density at radius 2 is 2.12 bits per heavy atom. The molecule has 98 valence electrons. The molecule has 17 heavy (non-hydrogen) atoms. The molecule has 1 rings (SSSR count). The normalized spacial score (nSPS) is 25.5. The summed E-state index contributed by atoms with van der Waals surface area (Å²) >= 11 is 0. The summed E-state index contributed by atoms with van der Waals surface area (Å²) in [6.45, 7) is 3.71. The number of carbonyl (C=O) groups excluding carboxylic acids is 2. The van der Waals surface area contributed by atoms with E-state index >= 15 is 0 Å². The van der Waals surface area contributed by atoms with Gasteiger partial charge in [-0.05, 0) is 19.3 Å². The summed E-state index contributed by atoms with van der Waals surface area (Å²) in [7, 11) is 0. The van der Waals surface area contributed by atoms with E-state index in [-0.39, 0.29) is 30.4 Å². The highest BCUT2D eigenvalue weighted by atomic mass is 16.5. The van der Waals surface area contributed by atoms with Crippen molar-refractivity contribution in [3.8, 4) is 0 Å². The zero-order valence-electron chi connectivity index (χ0n) is 10.2. The molecule has 0 aromatic rings. The van der Waals surface area contributed by atoms with E-state index in [4.69, 9.17) is 16.2 Å². The van der Waals surface area contributed by atoms with Gasteiger partial charge in [0, 0.05) is 25.6 Å². The van der Waals surface area contributed by atoms with Crippen LogP contribution in [0, 0.1) is 5.92 Å². The largest absolute Gasteiger partial charge is 0.466 e. The first kappa shape index (κ1) is 13.9. The molecule has 4 N–H and O–H groups in total. The third-order valence-electron chi connectivity index (χ3n) is 2.79. The zero-order chi connectivity index (χ0) is 12.8. The van der Waals surface area contributed by atoms with Crippen molar-refractivity contribution in [3.05, 3.63) is 0 Å². The van der Waals surface area contributed by atoms with Gasteiger partial charge < -0.3 is 16.2 Å². The van der Waals surface area contributed by atoms with Crippen LogP contribution in [-0.2, 0) is 14.3 Å². The summed E-state index contributed by atoms with van der Waals surface area (Å²) in [5.41, 5.74) is 11.0. The molecule has 1 amide bonds. The Morgan fingerprint density at radius 3 is 2.71 bits per heavy atom. The lowest BCUT2D eigenvalue weighted by molar-refractivity contribution is -0.144. The van der Waals surface area contributed by atoms with Crippen LogP contribution in [0.25, 0.3) is 0 Å². The molecule has 2 atom stereocenters. The lowest BCUT2D eigenvalue weighted by Crippen LogP contribution is -2.49. The second kappa shape index (κ2) is 6.56. The minimum Gasteiger partial charge on any atom is -0.466 e. The van der Waals surface area contributed by atoms with E-state index in [2.05, 4.69) is 0 Å². The number of carbonyl (C=O) groups is 2. The van der Waals surface area contributed by atoms with Crippen molar-refractivity contribution >= 4 is 11.9 Å². The number of hydrogen-bond acceptors (Lipinski definition) is 5. The fourth-order valence-corrected chi connectivity index (χ4v) is 2.30. The molecule has 0 bridgehead atoms. The zero-order valence-corrected chi connectivity index (χ0v) is 10.2. The minimum atomic E-state index is -0.367. The van der Waals surface area contributed by atoms with Gasteiger partial charge in [-0.25, -0.2) is 0 Å². The Kier molecular flexibility index (Phi) is 5.37. The molecule has 6 nitrogen and oxygen atoms in total. The van der Waals surface area contributed by atoms with Crippen LogP contribution in [0.15, 0.2) is 0 Å². The molecular formula is C11H21N3O3. The van der Waals surface area contributed by atoms with E-state index in [0.717, 1.165) is 6.42 Å². The van der Waals surface area contributed by atoms with Crippen LogP contribution in [0.5, 0.6) is 0 Å². The highest BCUT2D eigenvalue weighted by molar-refractivity contribution is 5.76. The molecule has 1 heterocycles. The molecular weight excluding hydrogens is 222 g/mol. The Hall–Kier alpha value is -1.14. The molecule has 0 aromatic heterocycles. The summed E-state index contributed by atoms with van der Waals surface area (Å²) in [5, 5.41) is 0. The second-order valence-corrected chi connectivity index (χ2v) is 4.53. The molecule has 1 fully saturated rings. The van der Waals surface area contributed by atoms with Crippen molar-refractivity contribution in [2.24, 2.45) is 17.4 Å². The van der Waals surface area contributed by atoms with E-state index < -0.39 is 0 Å². The molecule has 0 spiro atoms. The predicted molar refractivity (Wildman–Crippen MR) is 63.0 cm³/mol. The van der Waals surface area contributed by atoms with Crippen molar-refractivity contribution in [2.75, 3.05) is 26.2 Å². The van der Waals surface area contributed by atoms with Gasteiger partial charge in [0.1, 0.15) is 0 Å². The molecule has 1 aliphatic heterocycles.